The highest BCUT2D eigenvalue weighted by Crippen LogP contribution is 2.09. The number of benzene rings is 1. The van der Waals surface area contributed by atoms with Gasteiger partial charge in [0.15, 0.2) is 0 Å². The quantitative estimate of drug-likeness (QED) is 0.580. The highest BCUT2D eigenvalue weighted by molar-refractivity contribution is 5.79. The van der Waals surface area contributed by atoms with Crippen LogP contribution in [0, 0.1) is 6.92 Å². The van der Waals surface area contributed by atoms with E-state index in [2.05, 4.69) is 37.2 Å². The molecule has 2 rings (SSSR count). The van der Waals surface area contributed by atoms with E-state index in [1.54, 1.807) is 0 Å². The summed E-state index contributed by atoms with van der Waals surface area (Å²) in [5, 5.41) is 2.80. The maximum absolute atomic E-state index is 4.34. The zero-order chi connectivity index (χ0) is 9.42. The molecule has 0 atom stereocenters. The van der Waals surface area contributed by atoms with E-state index in [4.69, 9.17) is 0 Å². The molecule has 0 bridgehead atoms. The second-order valence-electron chi connectivity index (χ2n) is 3.29. The first-order chi connectivity index (χ1) is 6.16. The summed E-state index contributed by atoms with van der Waals surface area (Å²) in [4.78, 5) is 4.34. The Hall–Kier alpha value is -1.63. The molecule has 13 heavy (non-hydrogen) atoms. The van der Waals surface area contributed by atoms with Gasteiger partial charge < -0.3 is 0 Å². The molecule has 0 aliphatic carbocycles. The number of pyridine rings is 1. The predicted octanol–water partition coefficient (Wildman–Crippen LogP) is 1.36. The predicted molar refractivity (Wildman–Crippen MR) is 56.8 cm³/mol. The molecule has 2 aromatic rings. The van der Waals surface area contributed by atoms with Crippen molar-refractivity contribution in [1.29, 1.82) is 0 Å². The summed E-state index contributed by atoms with van der Waals surface area (Å²) >= 11 is 0. The van der Waals surface area contributed by atoms with Crippen molar-refractivity contribution in [2.45, 2.75) is 6.92 Å². The van der Waals surface area contributed by atoms with Gasteiger partial charge in [-0.15, -0.1) is 0 Å². The first-order valence-corrected chi connectivity index (χ1v) is 4.22. The Morgan fingerprint density at radius 2 is 1.92 bits per heavy atom. The lowest BCUT2D eigenvalue weighted by atomic mass is 10.1. The van der Waals surface area contributed by atoms with Crippen LogP contribution in [0.5, 0.6) is 0 Å². The van der Waals surface area contributed by atoms with E-state index in [9.17, 15) is 0 Å². The van der Waals surface area contributed by atoms with Crippen LogP contribution in [0.3, 0.4) is 0 Å². The Kier molecular flexibility index (Phi) is 1.66. The van der Waals surface area contributed by atoms with Crippen LogP contribution in [-0.4, -0.2) is 4.98 Å². The summed E-state index contributed by atoms with van der Waals surface area (Å²) in [6.07, 6.45) is 0. The topological polar surface area (TPSA) is 12.9 Å². The second-order valence-corrected chi connectivity index (χ2v) is 3.29. The molecule has 64 valence electrons. The lowest BCUT2D eigenvalue weighted by molar-refractivity contribution is 1.29. The van der Waals surface area contributed by atoms with Crippen molar-refractivity contribution in [3.63, 3.8) is 0 Å². The zero-order valence-electron chi connectivity index (χ0n) is 7.67. The van der Waals surface area contributed by atoms with Gasteiger partial charge in [-0.1, -0.05) is 24.8 Å². The van der Waals surface area contributed by atoms with Crippen LogP contribution < -0.4 is 10.6 Å². The lowest BCUT2D eigenvalue weighted by Crippen LogP contribution is -2.24. The minimum absolute atomic E-state index is 0.761. The van der Waals surface area contributed by atoms with Gasteiger partial charge in [-0.05, 0) is 30.3 Å². The maximum Gasteiger partial charge on any atom is 0.0709 e. The van der Waals surface area contributed by atoms with Crippen molar-refractivity contribution in [2.75, 3.05) is 0 Å². The van der Waals surface area contributed by atoms with Gasteiger partial charge in [0.2, 0.25) is 0 Å². The van der Waals surface area contributed by atoms with Gasteiger partial charge in [-0.2, -0.15) is 0 Å². The molecule has 0 amide bonds. The van der Waals surface area contributed by atoms with Crippen LogP contribution >= 0.6 is 0 Å². The fourth-order valence-corrected chi connectivity index (χ4v) is 1.38. The fourth-order valence-electron chi connectivity index (χ4n) is 1.38. The highest BCUT2D eigenvalue weighted by Gasteiger charge is 1.94. The molecule has 0 N–H and O–H groups in total. The molecule has 0 aliphatic rings. The molecule has 0 radical (unpaired) electrons. The minimum atomic E-state index is 0.761. The van der Waals surface area contributed by atoms with E-state index in [0.29, 0.717) is 0 Å². The van der Waals surface area contributed by atoms with Crippen LogP contribution in [0.4, 0.5) is 0 Å². The number of aryl methyl sites for hydroxylation is 1. The second kappa shape index (κ2) is 2.70. The Labute approximate surface area is 77.0 Å². The van der Waals surface area contributed by atoms with Crippen molar-refractivity contribution in [2.24, 2.45) is 0 Å². The Morgan fingerprint density at radius 1 is 1.15 bits per heavy atom. The number of rotatable bonds is 0. The SMILES string of the molecule is C=c1cc2cc(C)ccc2nc1=C. The van der Waals surface area contributed by atoms with Crippen molar-refractivity contribution in [3.8, 4) is 0 Å². The van der Waals surface area contributed by atoms with Crippen molar-refractivity contribution in [1.82, 2.24) is 4.98 Å². The summed E-state index contributed by atoms with van der Waals surface area (Å²) < 4.78 is 0. The van der Waals surface area contributed by atoms with Gasteiger partial charge in [0, 0.05) is 5.39 Å². The molecule has 0 unspecified atom stereocenters. The molecule has 1 heterocycles. The van der Waals surface area contributed by atoms with E-state index in [1.807, 2.05) is 12.1 Å². The van der Waals surface area contributed by atoms with E-state index in [0.717, 1.165) is 21.5 Å². The Balaban J connectivity index is 2.97. The van der Waals surface area contributed by atoms with Crippen LogP contribution in [0.15, 0.2) is 24.3 Å². The average Bonchev–Trinajstić information content (AvgIpc) is 2.08. The van der Waals surface area contributed by atoms with Crippen LogP contribution in [0.25, 0.3) is 24.1 Å². The molecule has 1 aromatic heterocycles. The molecular weight excluding hydrogens is 158 g/mol. The summed E-state index contributed by atoms with van der Waals surface area (Å²) in [5.41, 5.74) is 2.23. The lowest BCUT2D eigenvalue weighted by Gasteiger charge is -1.98. The van der Waals surface area contributed by atoms with Gasteiger partial charge in [0.1, 0.15) is 0 Å². The van der Waals surface area contributed by atoms with Crippen LogP contribution in [0.2, 0.25) is 0 Å². The van der Waals surface area contributed by atoms with E-state index in [-0.39, 0.29) is 0 Å². The van der Waals surface area contributed by atoms with Gasteiger partial charge in [-0.25, -0.2) is 4.98 Å². The number of hydrogen-bond acceptors (Lipinski definition) is 1. The van der Waals surface area contributed by atoms with Crippen LogP contribution in [0.1, 0.15) is 5.56 Å². The first kappa shape index (κ1) is 7.99. The Bertz CT molecular complexity index is 555. The molecule has 1 nitrogen and oxygen atoms in total. The number of nitrogens with zero attached hydrogens (tertiary/aromatic N) is 1. The van der Waals surface area contributed by atoms with E-state index < -0.39 is 0 Å². The fraction of sp³-hybridized carbons (Fsp3) is 0.0833. The number of aromatic nitrogens is 1. The van der Waals surface area contributed by atoms with Gasteiger partial charge >= 0.3 is 0 Å². The van der Waals surface area contributed by atoms with Crippen molar-refractivity contribution in [3.05, 3.63) is 40.4 Å². The summed E-state index contributed by atoms with van der Waals surface area (Å²) in [5.74, 6) is 0. The average molecular weight is 169 g/mol. The molecule has 0 aliphatic heterocycles. The molecule has 1 heteroatoms. The molecular formula is C12H11N. The highest BCUT2D eigenvalue weighted by atomic mass is 14.7. The molecule has 0 spiro atoms. The first-order valence-electron chi connectivity index (χ1n) is 4.22. The standard InChI is InChI=1S/C12H11N/c1-8-4-5-12-11(6-8)7-9(2)10(3)13-12/h4-7H,2-3H2,1H3. The molecule has 0 saturated heterocycles. The maximum atomic E-state index is 4.34. The van der Waals surface area contributed by atoms with E-state index in [1.165, 1.54) is 5.56 Å². The van der Waals surface area contributed by atoms with Crippen LogP contribution in [-0.2, 0) is 0 Å². The van der Waals surface area contributed by atoms with Crippen molar-refractivity contribution < 1.29 is 0 Å². The smallest absolute Gasteiger partial charge is 0.0709 e. The largest absolute Gasteiger partial charge is 0.248 e. The minimum Gasteiger partial charge on any atom is -0.248 e. The third kappa shape index (κ3) is 1.33. The summed E-state index contributed by atoms with van der Waals surface area (Å²) in [6, 6.07) is 8.20. The number of fused-ring (bicyclic) bond motifs is 1. The van der Waals surface area contributed by atoms with Crippen molar-refractivity contribution >= 4 is 24.1 Å². The Morgan fingerprint density at radius 3 is 2.69 bits per heavy atom. The molecule has 0 saturated carbocycles. The molecule has 0 fully saturated rings. The molecule has 1 aromatic carbocycles. The summed E-state index contributed by atoms with van der Waals surface area (Å²) in [6.45, 7) is 9.76. The normalized spacial score (nSPS) is 10.5. The van der Waals surface area contributed by atoms with E-state index >= 15 is 0 Å². The third-order valence-corrected chi connectivity index (χ3v) is 2.14. The third-order valence-electron chi connectivity index (χ3n) is 2.14. The monoisotopic (exact) mass is 169 g/mol. The summed E-state index contributed by atoms with van der Waals surface area (Å²) in [7, 11) is 0. The van der Waals surface area contributed by atoms with Gasteiger partial charge in [-0.3, -0.25) is 0 Å². The number of hydrogen-bond donors (Lipinski definition) is 0. The zero-order valence-corrected chi connectivity index (χ0v) is 7.67. The van der Waals surface area contributed by atoms with Gasteiger partial charge in [0.05, 0.1) is 10.9 Å². The van der Waals surface area contributed by atoms with Gasteiger partial charge in [0.25, 0.3) is 0 Å².